The van der Waals surface area contributed by atoms with Crippen molar-refractivity contribution in [1.29, 1.82) is 0 Å². The Morgan fingerprint density at radius 3 is 2.68 bits per heavy atom. The van der Waals surface area contributed by atoms with Gasteiger partial charge in [0, 0.05) is 23.7 Å². The Bertz CT molecular complexity index is 919. The lowest BCUT2D eigenvalue weighted by atomic mass is 10.0. The smallest absolute Gasteiger partial charge is 0.416 e. The molecule has 1 saturated heterocycles. The molecule has 148 valence electrons. The maximum absolute atomic E-state index is 12.8. The van der Waals surface area contributed by atoms with Gasteiger partial charge in [0.2, 0.25) is 5.89 Å². The number of alkyl halides is 3. The summed E-state index contributed by atoms with van der Waals surface area (Å²) in [6.07, 6.45) is 0.849. The number of aromatic nitrogens is 2. The Hall–Kier alpha value is -2.19. The van der Waals surface area contributed by atoms with Gasteiger partial charge in [0.25, 0.3) is 0 Å². The molecular formula is C20H20F3N3OS. The lowest BCUT2D eigenvalue weighted by molar-refractivity contribution is -0.137. The molecule has 0 N–H and O–H groups in total. The molecule has 3 aromatic rings. The second kappa shape index (κ2) is 7.67. The van der Waals surface area contributed by atoms with Crippen LogP contribution in [0.15, 0.2) is 40.3 Å². The molecule has 0 saturated carbocycles. The largest absolute Gasteiger partial charge is 0.441 e. The number of oxazole rings is 1. The lowest BCUT2D eigenvalue weighted by Crippen LogP contribution is -2.33. The maximum Gasteiger partial charge on any atom is 0.416 e. The summed E-state index contributed by atoms with van der Waals surface area (Å²) in [4.78, 5) is 11.4. The van der Waals surface area contributed by atoms with Crippen molar-refractivity contribution >= 4 is 11.3 Å². The van der Waals surface area contributed by atoms with Gasteiger partial charge < -0.3 is 4.42 Å². The molecule has 1 atom stereocenters. The molecule has 0 radical (unpaired) electrons. The summed E-state index contributed by atoms with van der Waals surface area (Å²) in [6, 6.07) is 5.18. The fourth-order valence-corrected chi connectivity index (χ4v) is 4.36. The predicted octanol–water partition coefficient (Wildman–Crippen LogP) is 5.85. The monoisotopic (exact) mass is 407 g/mol. The first-order valence-corrected chi connectivity index (χ1v) is 10.1. The molecular weight excluding hydrogens is 387 g/mol. The van der Waals surface area contributed by atoms with Crippen molar-refractivity contribution in [3.05, 3.63) is 57.9 Å². The number of hydrogen-bond acceptors (Lipinski definition) is 5. The molecule has 2 aromatic heterocycles. The summed E-state index contributed by atoms with van der Waals surface area (Å²) in [5, 5.41) is 3.11. The summed E-state index contributed by atoms with van der Waals surface area (Å²) in [6.45, 7) is 3.45. The van der Waals surface area contributed by atoms with Crippen molar-refractivity contribution in [1.82, 2.24) is 14.9 Å². The van der Waals surface area contributed by atoms with E-state index in [0.717, 1.165) is 42.2 Å². The number of hydrogen-bond donors (Lipinski definition) is 0. The third kappa shape index (κ3) is 3.98. The SMILES string of the molecule is Cc1oc(-c2ccc(C(F)(F)F)cc2)nc1CN1CCCCC1c1nccs1. The number of benzene rings is 1. The average Bonchev–Trinajstić information content (AvgIpc) is 3.32. The minimum absolute atomic E-state index is 0.277. The number of likely N-dealkylation sites (tertiary alicyclic amines) is 1. The average molecular weight is 407 g/mol. The molecule has 1 aliphatic rings. The van der Waals surface area contributed by atoms with Crippen molar-refractivity contribution in [2.45, 2.75) is 44.9 Å². The fourth-order valence-electron chi connectivity index (χ4n) is 3.55. The van der Waals surface area contributed by atoms with Gasteiger partial charge in [-0.2, -0.15) is 13.2 Å². The Balaban J connectivity index is 1.54. The van der Waals surface area contributed by atoms with Crippen molar-refractivity contribution in [3.8, 4) is 11.5 Å². The molecule has 0 aliphatic carbocycles. The van der Waals surface area contributed by atoms with Crippen LogP contribution in [0, 0.1) is 6.92 Å². The van der Waals surface area contributed by atoms with E-state index in [2.05, 4.69) is 14.9 Å². The highest BCUT2D eigenvalue weighted by Crippen LogP contribution is 2.34. The van der Waals surface area contributed by atoms with Crippen LogP contribution >= 0.6 is 11.3 Å². The quantitative estimate of drug-likeness (QED) is 0.544. The van der Waals surface area contributed by atoms with Gasteiger partial charge in [0.05, 0.1) is 17.3 Å². The van der Waals surface area contributed by atoms with Crippen LogP contribution in [0.1, 0.15) is 47.3 Å². The number of thiazole rings is 1. The molecule has 1 unspecified atom stereocenters. The standard InChI is InChI=1S/C20H20F3N3OS/c1-13-16(12-26-10-3-2-4-17(26)19-24-9-11-28-19)25-18(27-13)14-5-7-15(8-6-14)20(21,22)23/h5-9,11,17H,2-4,10,12H2,1H3. The molecule has 1 aromatic carbocycles. The van der Waals surface area contributed by atoms with E-state index in [1.165, 1.54) is 18.6 Å². The molecule has 4 rings (SSSR count). The van der Waals surface area contributed by atoms with Crippen molar-refractivity contribution in [3.63, 3.8) is 0 Å². The predicted molar refractivity (Wildman–Crippen MR) is 101 cm³/mol. The summed E-state index contributed by atoms with van der Waals surface area (Å²) in [7, 11) is 0. The first kappa shape index (κ1) is 19.1. The van der Waals surface area contributed by atoms with E-state index in [1.807, 2.05) is 18.5 Å². The van der Waals surface area contributed by atoms with E-state index < -0.39 is 11.7 Å². The zero-order valence-electron chi connectivity index (χ0n) is 15.4. The highest BCUT2D eigenvalue weighted by molar-refractivity contribution is 7.09. The highest BCUT2D eigenvalue weighted by Gasteiger charge is 2.30. The highest BCUT2D eigenvalue weighted by atomic mass is 32.1. The first-order chi connectivity index (χ1) is 13.4. The molecule has 0 spiro atoms. The maximum atomic E-state index is 12.8. The Morgan fingerprint density at radius 1 is 1.21 bits per heavy atom. The first-order valence-electron chi connectivity index (χ1n) is 9.19. The van der Waals surface area contributed by atoms with E-state index >= 15 is 0 Å². The minimum atomic E-state index is -4.35. The third-order valence-corrected chi connectivity index (χ3v) is 5.93. The van der Waals surface area contributed by atoms with Crippen LogP contribution in [0.4, 0.5) is 13.2 Å². The summed E-state index contributed by atoms with van der Waals surface area (Å²) < 4.78 is 44.0. The second-order valence-corrected chi connectivity index (χ2v) is 7.88. The van der Waals surface area contributed by atoms with Crippen LogP contribution in [0.25, 0.3) is 11.5 Å². The van der Waals surface area contributed by atoms with Gasteiger partial charge in [-0.1, -0.05) is 6.42 Å². The number of aryl methyl sites for hydroxylation is 1. The van der Waals surface area contributed by atoms with E-state index in [0.29, 0.717) is 23.8 Å². The Kier molecular flexibility index (Phi) is 5.25. The molecule has 4 nitrogen and oxygen atoms in total. The Labute approximate surface area is 165 Å². The number of piperidine rings is 1. The minimum Gasteiger partial charge on any atom is -0.441 e. The molecule has 28 heavy (non-hydrogen) atoms. The van der Waals surface area contributed by atoms with Gasteiger partial charge in [0.1, 0.15) is 10.8 Å². The Morgan fingerprint density at radius 2 is 2.00 bits per heavy atom. The van der Waals surface area contributed by atoms with E-state index in [9.17, 15) is 13.2 Å². The van der Waals surface area contributed by atoms with Gasteiger partial charge >= 0.3 is 6.18 Å². The van der Waals surface area contributed by atoms with Gasteiger partial charge in [-0.25, -0.2) is 9.97 Å². The molecule has 8 heteroatoms. The number of rotatable bonds is 4. The molecule has 0 amide bonds. The van der Waals surface area contributed by atoms with Gasteiger partial charge in [-0.05, 0) is 50.6 Å². The van der Waals surface area contributed by atoms with Crippen molar-refractivity contribution in [2.24, 2.45) is 0 Å². The van der Waals surface area contributed by atoms with Crippen LogP contribution < -0.4 is 0 Å². The molecule has 1 fully saturated rings. The normalized spacial score (nSPS) is 18.5. The van der Waals surface area contributed by atoms with Gasteiger partial charge in [0.15, 0.2) is 0 Å². The van der Waals surface area contributed by atoms with Gasteiger partial charge in [-0.15, -0.1) is 11.3 Å². The summed E-state index contributed by atoms with van der Waals surface area (Å²) in [5.74, 6) is 1.04. The van der Waals surface area contributed by atoms with E-state index in [-0.39, 0.29) is 6.04 Å². The number of halogens is 3. The third-order valence-electron chi connectivity index (χ3n) is 5.05. The summed E-state index contributed by atoms with van der Waals surface area (Å²) >= 11 is 1.66. The second-order valence-electron chi connectivity index (χ2n) is 6.95. The molecule has 0 bridgehead atoms. The molecule has 3 heterocycles. The zero-order chi connectivity index (χ0) is 19.7. The zero-order valence-corrected chi connectivity index (χ0v) is 16.2. The van der Waals surface area contributed by atoms with Crippen LogP contribution in [0.5, 0.6) is 0 Å². The van der Waals surface area contributed by atoms with E-state index in [1.54, 1.807) is 11.3 Å². The van der Waals surface area contributed by atoms with Crippen LogP contribution in [-0.4, -0.2) is 21.4 Å². The van der Waals surface area contributed by atoms with Crippen molar-refractivity contribution < 1.29 is 17.6 Å². The lowest BCUT2D eigenvalue weighted by Gasteiger charge is -2.33. The van der Waals surface area contributed by atoms with E-state index in [4.69, 9.17) is 4.42 Å². The number of nitrogens with zero attached hydrogens (tertiary/aromatic N) is 3. The molecule has 1 aliphatic heterocycles. The van der Waals surface area contributed by atoms with Gasteiger partial charge in [-0.3, -0.25) is 4.90 Å². The van der Waals surface area contributed by atoms with Crippen LogP contribution in [0.3, 0.4) is 0 Å². The summed E-state index contributed by atoms with van der Waals surface area (Å²) in [5.41, 5.74) is 0.676. The van der Waals surface area contributed by atoms with Crippen LogP contribution in [0.2, 0.25) is 0 Å². The van der Waals surface area contributed by atoms with Crippen molar-refractivity contribution in [2.75, 3.05) is 6.54 Å². The fraction of sp³-hybridized carbons (Fsp3) is 0.400. The topological polar surface area (TPSA) is 42.2 Å². The van der Waals surface area contributed by atoms with Crippen LogP contribution in [-0.2, 0) is 12.7 Å².